The van der Waals surface area contributed by atoms with Crippen molar-refractivity contribution in [3.63, 3.8) is 0 Å². The number of hydrogen-bond acceptors (Lipinski definition) is 2. The van der Waals surface area contributed by atoms with Crippen molar-refractivity contribution in [3.8, 4) is 0 Å². The van der Waals surface area contributed by atoms with Gasteiger partial charge in [-0.3, -0.25) is 0 Å². The number of hydrogen-bond donors (Lipinski definition) is 0. The summed E-state index contributed by atoms with van der Waals surface area (Å²) >= 11 is 23.0. The molecule has 0 saturated heterocycles. The van der Waals surface area contributed by atoms with Crippen LogP contribution in [0, 0.1) is 0 Å². The molecule has 0 N–H and O–H groups in total. The molecule has 2 nitrogen and oxygen atoms in total. The Morgan fingerprint density at radius 1 is 0.500 bits per heavy atom. The van der Waals surface area contributed by atoms with Gasteiger partial charge >= 0.3 is 0 Å². The molecule has 0 atom stereocenters. The first-order valence-electron chi connectivity index (χ1n) is 5.97. The molecule has 0 saturated carbocycles. The van der Waals surface area contributed by atoms with E-state index in [1.54, 1.807) is 0 Å². The Hall–Kier alpha value is 1.37. The van der Waals surface area contributed by atoms with Crippen molar-refractivity contribution >= 4 is 58.8 Å². The molecule has 0 fully saturated rings. The van der Waals surface area contributed by atoms with E-state index < -0.39 is 0 Å². The lowest BCUT2D eigenvalue weighted by Gasteiger charge is -2.23. The van der Waals surface area contributed by atoms with Gasteiger partial charge in [0.2, 0.25) is 0 Å². The summed E-state index contributed by atoms with van der Waals surface area (Å²) in [6.45, 7) is 5.66. The standard InChI is InChI=1S/C11H22Cl4N2.ClH/c12-2-8-16(9-3-13)6-1-7-17(10-4-14)11-5-15;/h1-11H2;1H. The molecular weight excluding hydrogens is 337 g/mol. The maximum Gasteiger partial charge on any atom is 0.0351 e. The molecule has 0 rings (SSSR count). The Balaban J connectivity index is 0. The van der Waals surface area contributed by atoms with Gasteiger partial charge in [0.1, 0.15) is 0 Å². The van der Waals surface area contributed by atoms with Gasteiger partial charge in [-0.15, -0.1) is 58.8 Å². The van der Waals surface area contributed by atoms with Crippen LogP contribution in [0.15, 0.2) is 0 Å². The second kappa shape index (κ2) is 16.4. The molecule has 0 radical (unpaired) electrons. The second-order valence-electron chi connectivity index (χ2n) is 3.79. The van der Waals surface area contributed by atoms with Crippen LogP contribution in [0.3, 0.4) is 0 Å². The molecule has 18 heavy (non-hydrogen) atoms. The fraction of sp³-hybridized carbons (Fsp3) is 1.00. The first-order chi connectivity index (χ1) is 8.28. The summed E-state index contributed by atoms with van der Waals surface area (Å²) in [5.74, 6) is 2.63. The van der Waals surface area contributed by atoms with Crippen LogP contribution in [0.2, 0.25) is 0 Å². The SMILES string of the molecule is Cl.ClCCN(CCCl)CCCN(CCCl)CCCl. The molecule has 0 amide bonds. The molecule has 0 spiro atoms. The third-order valence-electron chi connectivity index (χ3n) is 2.55. The molecule has 112 valence electrons. The molecule has 0 aromatic rings. The number of alkyl halides is 4. The van der Waals surface area contributed by atoms with E-state index in [2.05, 4.69) is 9.80 Å². The van der Waals surface area contributed by atoms with Gasteiger partial charge in [0, 0.05) is 49.7 Å². The predicted molar refractivity (Wildman–Crippen MR) is 87.6 cm³/mol. The maximum absolute atomic E-state index is 5.74. The summed E-state index contributed by atoms with van der Waals surface area (Å²) in [6, 6.07) is 0. The molecule has 0 aromatic heterocycles. The van der Waals surface area contributed by atoms with Crippen molar-refractivity contribution in [2.24, 2.45) is 0 Å². The van der Waals surface area contributed by atoms with Gasteiger partial charge in [0.15, 0.2) is 0 Å². The highest BCUT2D eigenvalue weighted by atomic mass is 35.5. The lowest BCUT2D eigenvalue weighted by atomic mass is 10.3. The van der Waals surface area contributed by atoms with Crippen LogP contribution in [0.5, 0.6) is 0 Å². The van der Waals surface area contributed by atoms with Gasteiger partial charge in [-0.25, -0.2) is 0 Å². The normalized spacial score (nSPS) is 11.0. The third kappa shape index (κ3) is 12.4. The van der Waals surface area contributed by atoms with Gasteiger partial charge in [-0.2, -0.15) is 0 Å². The zero-order valence-corrected chi connectivity index (χ0v) is 14.4. The van der Waals surface area contributed by atoms with E-state index in [1.807, 2.05) is 0 Å². The smallest absolute Gasteiger partial charge is 0.0351 e. The van der Waals surface area contributed by atoms with Crippen LogP contribution < -0.4 is 0 Å². The summed E-state index contributed by atoms with van der Waals surface area (Å²) in [6.07, 6.45) is 1.10. The van der Waals surface area contributed by atoms with Crippen LogP contribution in [0.1, 0.15) is 6.42 Å². The lowest BCUT2D eigenvalue weighted by molar-refractivity contribution is 0.253. The van der Waals surface area contributed by atoms with Crippen molar-refractivity contribution in [2.45, 2.75) is 6.42 Å². The van der Waals surface area contributed by atoms with Gasteiger partial charge in [-0.1, -0.05) is 0 Å². The van der Waals surface area contributed by atoms with E-state index in [-0.39, 0.29) is 12.4 Å². The highest BCUT2D eigenvalue weighted by Gasteiger charge is 2.06. The van der Waals surface area contributed by atoms with E-state index in [4.69, 9.17) is 46.4 Å². The molecule has 0 unspecified atom stereocenters. The summed E-state index contributed by atoms with van der Waals surface area (Å²) in [7, 11) is 0. The summed E-state index contributed by atoms with van der Waals surface area (Å²) < 4.78 is 0. The number of rotatable bonds is 12. The first-order valence-corrected chi connectivity index (χ1v) is 8.10. The maximum atomic E-state index is 5.74. The second-order valence-corrected chi connectivity index (χ2v) is 5.30. The Labute approximate surface area is 137 Å². The number of halogens is 5. The molecule has 0 aliphatic rings. The quantitative estimate of drug-likeness (QED) is 0.493. The highest BCUT2D eigenvalue weighted by molar-refractivity contribution is 6.18. The third-order valence-corrected chi connectivity index (χ3v) is 3.23. The van der Waals surface area contributed by atoms with Gasteiger partial charge in [-0.05, 0) is 19.5 Å². The van der Waals surface area contributed by atoms with Crippen LogP contribution in [0.25, 0.3) is 0 Å². The van der Waals surface area contributed by atoms with E-state index in [9.17, 15) is 0 Å². The van der Waals surface area contributed by atoms with Crippen molar-refractivity contribution in [1.29, 1.82) is 0 Å². The molecule has 7 heteroatoms. The lowest BCUT2D eigenvalue weighted by Crippen LogP contribution is -2.34. The first kappa shape index (κ1) is 21.7. The van der Waals surface area contributed by atoms with Gasteiger partial charge in [0.25, 0.3) is 0 Å². The Kier molecular flexibility index (Phi) is 19.8. The topological polar surface area (TPSA) is 6.48 Å². The predicted octanol–water partition coefficient (Wildman–Crippen LogP) is 3.36. The van der Waals surface area contributed by atoms with Gasteiger partial charge in [0.05, 0.1) is 0 Å². The fourth-order valence-electron chi connectivity index (χ4n) is 1.67. The van der Waals surface area contributed by atoms with E-state index in [0.29, 0.717) is 23.5 Å². The molecule has 0 heterocycles. The van der Waals surface area contributed by atoms with E-state index in [1.165, 1.54) is 0 Å². The fourth-order valence-corrected chi connectivity index (χ4v) is 2.62. The Bertz CT molecular complexity index is 134. The average Bonchev–Trinajstić information content (AvgIpc) is 2.30. The van der Waals surface area contributed by atoms with Crippen LogP contribution in [-0.2, 0) is 0 Å². The Morgan fingerprint density at radius 3 is 1.00 bits per heavy atom. The molecular formula is C11H23Cl5N2. The molecule has 0 aliphatic heterocycles. The zero-order chi connectivity index (χ0) is 12.9. The highest BCUT2D eigenvalue weighted by Crippen LogP contribution is 1.99. The van der Waals surface area contributed by atoms with Crippen molar-refractivity contribution < 1.29 is 0 Å². The van der Waals surface area contributed by atoms with Crippen molar-refractivity contribution in [1.82, 2.24) is 9.80 Å². The molecule has 0 aliphatic carbocycles. The number of nitrogens with zero attached hydrogens (tertiary/aromatic N) is 2. The minimum atomic E-state index is 0. The minimum Gasteiger partial charge on any atom is -0.301 e. The molecule has 0 aromatic carbocycles. The van der Waals surface area contributed by atoms with Crippen molar-refractivity contribution in [2.75, 3.05) is 62.8 Å². The van der Waals surface area contributed by atoms with Crippen LogP contribution >= 0.6 is 58.8 Å². The van der Waals surface area contributed by atoms with Crippen LogP contribution in [0.4, 0.5) is 0 Å². The van der Waals surface area contributed by atoms with E-state index >= 15 is 0 Å². The van der Waals surface area contributed by atoms with E-state index in [0.717, 1.165) is 45.7 Å². The van der Waals surface area contributed by atoms with Crippen LogP contribution in [-0.4, -0.2) is 72.6 Å². The summed E-state index contributed by atoms with van der Waals surface area (Å²) in [4.78, 5) is 4.58. The Morgan fingerprint density at radius 2 is 0.778 bits per heavy atom. The largest absolute Gasteiger partial charge is 0.301 e. The van der Waals surface area contributed by atoms with Crippen molar-refractivity contribution in [3.05, 3.63) is 0 Å². The summed E-state index contributed by atoms with van der Waals surface area (Å²) in [5.41, 5.74) is 0. The summed E-state index contributed by atoms with van der Waals surface area (Å²) in [5, 5.41) is 0. The minimum absolute atomic E-state index is 0. The van der Waals surface area contributed by atoms with Gasteiger partial charge < -0.3 is 9.80 Å². The molecule has 0 bridgehead atoms. The average molecular weight is 361 g/mol. The zero-order valence-electron chi connectivity index (χ0n) is 10.6. The monoisotopic (exact) mass is 358 g/mol.